The molecule has 0 bridgehead atoms. The topological polar surface area (TPSA) is 77.8 Å². The number of hydrogen-bond acceptors (Lipinski definition) is 4. The van der Waals surface area contributed by atoms with Crippen LogP contribution in [0.1, 0.15) is 17.2 Å². The van der Waals surface area contributed by atoms with Crippen molar-refractivity contribution in [2.45, 2.75) is 6.04 Å². The molecule has 0 radical (unpaired) electrons. The summed E-state index contributed by atoms with van der Waals surface area (Å²) in [5.41, 5.74) is 1.09. The Morgan fingerprint density at radius 1 is 1.04 bits per heavy atom. The molecule has 0 unspecified atom stereocenters. The molecule has 1 saturated heterocycles. The van der Waals surface area contributed by atoms with Gasteiger partial charge in [-0.1, -0.05) is 54.1 Å². The van der Waals surface area contributed by atoms with Gasteiger partial charge in [0, 0.05) is 17.1 Å². The van der Waals surface area contributed by atoms with Gasteiger partial charge in [-0.25, -0.2) is 0 Å². The van der Waals surface area contributed by atoms with E-state index >= 15 is 0 Å². The monoisotopic (exact) mass is 357 g/mol. The molecule has 1 amide bonds. The van der Waals surface area contributed by atoms with Crippen molar-refractivity contribution < 1.29 is 19.8 Å². The second-order valence-corrected chi connectivity index (χ2v) is 6.07. The normalized spacial score (nSPS) is 19.4. The number of rotatable bonds is 4. The van der Waals surface area contributed by atoms with E-state index in [1.807, 2.05) is 0 Å². The fourth-order valence-electron chi connectivity index (χ4n) is 2.96. The summed E-state index contributed by atoms with van der Waals surface area (Å²) in [5, 5.41) is 20.5. The number of amides is 1. The van der Waals surface area contributed by atoms with Crippen LogP contribution < -0.4 is 0 Å². The molecule has 6 heteroatoms. The number of aliphatic hydroxyl groups excluding tert-OH is 2. The van der Waals surface area contributed by atoms with Crippen LogP contribution in [0.3, 0.4) is 0 Å². The number of ketones is 1. The van der Waals surface area contributed by atoms with Crippen LogP contribution >= 0.6 is 11.6 Å². The molecule has 5 nitrogen and oxygen atoms in total. The second-order valence-electron chi connectivity index (χ2n) is 5.63. The fraction of sp³-hybridized carbons (Fsp3) is 0.158. The fourth-order valence-corrected chi connectivity index (χ4v) is 3.09. The largest absolute Gasteiger partial charge is 0.507 e. The Balaban J connectivity index is 2.18. The zero-order valence-electron chi connectivity index (χ0n) is 13.2. The molecule has 1 aliphatic heterocycles. The summed E-state index contributed by atoms with van der Waals surface area (Å²) < 4.78 is 0. The first-order valence-corrected chi connectivity index (χ1v) is 8.12. The van der Waals surface area contributed by atoms with Gasteiger partial charge in [0.1, 0.15) is 5.76 Å². The molecule has 25 heavy (non-hydrogen) atoms. The van der Waals surface area contributed by atoms with Gasteiger partial charge in [0.25, 0.3) is 11.7 Å². The molecule has 128 valence electrons. The number of Topliss-reactive ketones (excluding diaryl/α,β-unsaturated/α-hetero) is 1. The minimum absolute atomic E-state index is 0.00646. The van der Waals surface area contributed by atoms with Crippen molar-refractivity contribution >= 4 is 29.1 Å². The average molecular weight is 358 g/mol. The summed E-state index contributed by atoms with van der Waals surface area (Å²) in [6.07, 6.45) is 0. The summed E-state index contributed by atoms with van der Waals surface area (Å²) in [6, 6.07) is 14.5. The first-order chi connectivity index (χ1) is 12.0. The number of hydrogen-bond donors (Lipinski definition) is 2. The summed E-state index contributed by atoms with van der Waals surface area (Å²) in [4.78, 5) is 26.2. The lowest BCUT2D eigenvalue weighted by molar-refractivity contribution is -0.140. The highest BCUT2D eigenvalue weighted by Gasteiger charge is 2.45. The number of likely N-dealkylation sites (tertiary alicyclic amines) is 1. The molecule has 1 aliphatic rings. The third-order valence-electron chi connectivity index (χ3n) is 4.11. The van der Waals surface area contributed by atoms with Gasteiger partial charge in [-0.3, -0.25) is 9.59 Å². The van der Waals surface area contributed by atoms with E-state index in [0.717, 1.165) is 0 Å². The Morgan fingerprint density at radius 3 is 2.28 bits per heavy atom. The SMILES string of the molecule is O=C1C(=O)N(CCO)[C@H](c2ccc(Cl)cc2)C1=C(O)c1ccccc1. The van der Waals surface area contributed by atoms with Gasteiger partial charge in [-0.05, 0) is 17.7 Å². The molecule has 2 aromatic rings. The van der Waals surface area contributed by atoms with Crippen molar-refractivity contribution in [3.8, 4) is 0 Å². The number of nitrogens with zero attached hydrogens (tertiary/aromatic N) is 1. The van der Waals surface area contributed by atoms with Crippen LogP contribution in [0.25, 0.3) is 5.76 Å². The predicted octanol–water partition coefficient (Wildman–Crippen LogP) is 2.75. The second kappa shape index (κ2) is 7.09. The van der Waals surface area contributed by atoms with Crippen molar-refractivity contribution in [1.82, 2.24) is 4.90 Å². The average Bonchev–Trinajstić information content (AvgIpc) is 2.88. The van der Waals surface area contributed by atoms with Gasteiger partial charge in [-0.2, -0.15) is 0 Å². The zero-order valence-corrected chi connectivity index (χ0v) is 14.0. The Labute approximate surface area is 149 Å². The number of carbonyl (C=O) groups is 2. The van der Waals surface area contributed by atoms with Crippen LogP contribution in [0, 0.1) is 0 Å². The maximum atomic E-state index is 12.5. The molecule has 0 aromatic heterocycles. The smallest absolute Gasteiger partial charge is 0.295 e. The standard InChI is InChI=1S/C19H16ClNO4/c20-14-8-6-12(7-9-14)16-15(17(23)13-4-2-1-3-5-13)18(24)19(25)21(16)10-11-22/h1-9,16,22-23H,10-11H2/t16-/m1/s1. The minimum atomic E-state index is -0.773. The molecular formula is C19H16ClNO4. The lowest BCUT2D eigenvalue weighted by Crippen LogP contribution is -2.32. The van der Waals surface area contributed by atoms with E-state index in [-0.39, 0.29) is 24.5 Å². The molecule has 1 fully saturated rings. The van der Waals surface area contributed by atoms with Crippen LogP contribution in [0.4, 0.5) is 0 Å². The lowest BCUT2D eigenvalue weighted by Gasteiger charge is -2.24. The zero-order chi connectivity index (χ0) is 18.0. The van der Waals surface area contributed by atoms with E-state index in [1.165, 1.54) is 4.90 Å². The molecule has 1 atom stereocenters. The van der Waals surface area contributed by atoms with Crippen molar-refractivity contribution in [2.24, 2.45) is 0 Å². The molecule has 0 saturated carbocycles. The first-order valence-electron chi connectivity index (χ1n) is 7.74. The Hall–Kier alpha value is -2.63. The summed E-state index contributed by atoms with van der Waals surface area (Å²) in [7, 11) is 0. The Kier molecular flexibility index (Phi) is 4.88. The highest BCUT2D eigenvalue weighted by molar-refractivity contribution is 6.46. The van der Waals surface area contributed by atoms with Crippen LogP contribution in [0.5, 0.6) is 0 Å². The number of halogens is 1. The Bertz CT molecular complexity index is 830. The summed E-state index contributed by atoms with van der Waals surface area (Å²) in [6.45, 7) is -0.300. The highest BCUT2D eigenvalue weighted by Crippen LogP contribution is 2.39. The minimum Gasteiger partial charge on any atom is -0.507 e. The van der Waals surface area contributed by atoms with Crippen LogP contribution in [-0.2, 0) is 9.59 Å². The van der Waals surface area contributed by atoms with E-state index in [0.29, 0.717) is 16.1 Å². The van der Waals surface area contributed by atoms with Crippen molar-refractivity contribution in [3.63, 3.8) is 0 Å². The first kappa shape index (κ1) is 17.2. The summed E-state index contributed by atoms with van der Waals surface area (Å²) >= 11 is 5.92. The third kappa shape index (κ3) is 3.16. The van der Waals surface area contributed by atoms with Crippen LogP contribution in [0.2, 0.25) is 5.02 Å². The molecule has 2 aromatic carbocycles. The molecule has 1 heterocycles. The molecular weight excluding hydrogens is 342 g/mol. The molecule has 0 spiro atoms. The number of β-amino-alcohol motifs (C(OH)–C–C–N with tert-alkyl or cyclic N) is 1. The summed E-state index contributed by atoms with van der Waals surface area (Å²) in [5.74, 6) is -1.75. The maximum Gasteiger partial charge on any atom is 0.295 e. The van der Waals surface area contributed by atoms with E-state index in [1.54, 1.807) is 54.6 Å². The number of aliphatic hydroxyl groups is 2. The van der Waals surface area contributed by atoms with E-state index in [4.69, 9.17) is 11.6 Å². The third-order valence-corrected chi connectivity index (χ3v) is 4.37. The lowest BCUT2D eigenvalue weighted by atomic mass is 9.95. The molecule has 3 rings (SSSR count). The van der Waals surface area contributed by atoms with Crippen molar-refractivity contribution in [3.05, 3.63) is 76.3 Å². The van der Waals surface area contributed by atoms with Gasteiger partial charge in [0.2, 0.25) is 0 Å². The van der Waals surface area contributed by atoms with Crippen molar-refractivity contribution in [2.75, 3.05) is 13.2 Å². The van der Waals surface area contributed by atoms with Crippen LogP contribution in [-0.4, -0.2) is 40.0 Å². The van der Waals surface area contributed by atoms with Crippen molar-refractivity contribution in [1.29, 1.82) is 0 Å². The Morgan fingerprint density at radius 2 is 1.68 bits per heavy atom. The van der Waals surface area contributed by atoms with Gasteiger partial charge < -0.3 is 15.1 Å². The number of benzene rings is 2. The quantitative estimate of drug-likeness (QED) is 0.501. The predicted molar refractivity (Wildman–Crippen MR) is 94.0 cm³/mol. The van der Waals surface area contributed by atoms with Gasteiger partial charge in [0.05, 0.1) is 18.2 Å². The maximum absolute atomic E-state index is 12.5. The van der Waals surface area contributed by atoms with E-state index in [9.17, 15) is 19.8 Å². The van der Waals surface area contributed by atoms with E-state index in [2.05, 4.69) is 0 Å². The highest BCUT2D eigenvalue weighted by atomic mass is 35.5. The van der Waals surface area contributed by atoms with E-state index < -0.39 is 17.7 Å². The molecule has 2 N–H and O–H groups in total. The van der Waals surface area contributed by atoms with Gasteiger partial charge in [-0.15, -0.1) is 0 Å². The molecule has 0 aliphatic carbocycles. The number of carbonyl (C=O) groups excluding carboxylic acids is 2. The van der Waals surface area contributed by atoms with Crippen LogP contribution in [0.15, 0.2) is 60.2 Å². The van der Waals surface area contributed by atoms with Gasteiger partial charge >= 0.3 is 0 Å². The van der Waals surface area contributed by atoms with Gasteiger partial charge in [0.15, 0.2) is 0 Å².